The van der Waals surface area contributed by atoms with Crippen LogP contribution in [0.15, 0.2) is 53.4 Å². The van der Waals surface area contributed by atoms with Gasteiger partial charge in [-0.25, -0.2) is 0 Å². The Balaban J connectivity index is 1.34. The molecule has 1 N–H and O–H groups in total. The summed E-state index contributed by atoms with van der Waals surface area (Å²) in [6.45, 7) is 2.86. The van der Waals surface area contributed by atoms with E-state index in [9.17, 15) is 9.59 Å². The molecule has 146 valence electrons. The molecule has 4 rings (SSSR count). The Bertz CT molecular complexity index is 881. The van der Waals surface area contributed by atoms with Gasteiger partial charge in [0, 0.05) is 49.2 Å². The summed E-state index contributed by atoms with van der Waals surface area (Å²) in [5.41, 5.74) is 1.93. The molecule has 0 unspecified atom stereocenters. The molecule has 2 aromatic rings. The molecule has 1 atom stereocenters. The van der Waals surface area contributed by atoms with E-state index in [1.807, 2.05) is 47.4 Å². The van der Waals surface area contributed by atoms with E-state index in [0.717, 1.165) is 35.1 Å². The second kappa shape index (κ2) is 8.14. The van der Waals surface area contributed by atoms with Crippen molar-refractivity contribution >= 4 is 35.0 Å². The zero-order valence-corrected chi connectivity index (χ0v) is 16.6. The Kier molecular flexibility index (Phi) is 5.43. The smallest absolute Gasteiger partial charge is 0.238 e. The number of methoxy groups -OCH3 is 1. The summed E-state index contributed by atoms with van der Waals surface area (Å²) < 4.78 is 5.29. The van der Waals surface area contributed by atoms with E-state index in [0.29, 0.717) is 13.1 Å². The maximum Gasteiger partial charge on any atom is 0.238 e. The number of thioether (sulfide) groups is 1. The summed E-state index contributed by atoms with van der Waals surface area (Å²) >= 11 is 1.48. The van der Waals surface area contributed by atoms with E-state index in [2.05, 4.69) is 16.3 Å². The van der Waals surface area contributed by atoms with Gasteiger partial charge < -0.3 is 19.9 Å². The maximum atomic E-state index is 12.8. The third-order valence-electron chi connectivity index (χ3n) is 5.12. The second-order valence-corrected chi connectivity index (χ2v) is 8.11. The van der Waals surface area contributed by atoms with Gasteiger partial charge in [-0.15, -0.1) is 11.8 Å². The summed E-state index contributed by atoms with van der Waals surface area (Å²) in [7, 11) is 1.66. The predicted octanol–water partition coefficient (Wildman–Crippen LogP) is 2.85. The molecule has 1 saturated heterocycles. The van der Waals surface area contributed by atoms with Crippen LogP contribution in [0, 0.1) is 0 Å². The number of carbonyl (C=O) groups excluding carboxylic acids is 2. The Morgan fingerprint density at radius 2 is 1.93 bits per heavy atom. The molecule has 1 fully saturated rings. The Morgan fingerprint density at radius 1 is 1.14 bits per heavy atom. The van der Waals surface area contributed by atoms with Gasteiger partial charge >= 0.3 is 0 Å². The lowest BCUT2D eigenvalue weighted by atomic mass is 10.2. The van der Waals surface area contributed by atoms with Gasteiger partial charge in [0.1, 0.15) is 5.75 Å². The van der Waals surface area contributed by atoms with Crippen LogP contribution >= 0.6 is 11.8 Å². The minimum atomic E-state index is -0.376. The van der Waals surface area contributed by atoms with Crippen LogP contribution in [0.4, 0.5) is 11.4 Å². The third kappa shape index (κ3) is 3.94. The largest absolute Gasteiger partial charge is 0.497 e. The quantitative estimate of drug-likeness (QED) is 0.860. The van der Waals surface area contributed by atoms with Crippen molar-refractivity contribution < 1.29 is 14.3 Å². The van der Waals surface area contributed by atoms with Gasteiger partial charge in [0.25, 0.3) is 0 Å². The van der Waals surface area contributed by atoms with E-state index in [1.54, 1.807) is 7.11 Å². The number of benzene rings is 2. The average molecular weight is 398 g/mol. The van der Waals surface area contributed by atoms with Gasteiger partial charge in [0.05, 0.1) is 18.0 Å². The molecule has 7 heteroatoms. The van der Waals surface area contributed by atoms with E-state index in [1.165, 1.54) is 11.8 Å². The molecule has 0 aliphatic carbocycles. The van der Waals surface area contributed by atoms with Gasteiger partial charge in [0.2, 0.25) is 11.8 Å². The van der Waals surface area contributed by atoms with Crippen LogP contribution in [-0.4, -0.2) is 55.3 Å². The number of para-hydroxylation sites is 1. The summed E-state index contributed by atoms with van der Waals surface area (Å²) in [4.78, 5) is 30.2. The first-order chi connectivity index (χ1) is 13.6. The minimum Gasteiger partial charge on any atom is -0.497 e. The van der Waals surface area contributed by atoms with Gasteiger partial charge in [-0.2, -0.15) is 0 Å². The van der Waals surface area contributed by atoms with Gasteiger partial charge in [-0.1, -0.05) is 18.2 Å². The SMILES string of the molecule is COc1cccc(N2CCN(C(=O)C[C@H]3Sc4ccccc4NC3=O)CC2)c1. The Labute approximate surface area is 168 Å². The first-order valence-electron chi connectivity index (χ1n) is 9.37. The number of piperazine rings is 1. The van der Waals surface area contributed by atoms with Crippen molar-refractivity contribution in [1.82, 2.24) is 4.90 Å². The topological polar surface area (TPSA) is 61.9 Å². The van der Waals surface area contributed by atoms with E-state index >= 15 is 0 Å². The highest BCUT2D eigenvalue weighted by Gasteiger charge is 2.31. The molecule has 0 spiro atoms. The van der Waals surface area contributed by atoms with Crippen molar-refractivity contribution in [3.63, 3.8) is 0 Å². The van der Waals surface area contributed by atoms with Crippen LogP contribution in [0.2, 0.25) is 0 Å². The summed E-state index contributed by atoms with van der Waals surface area (Å²) in [6, 6.07) is 15.7. The number of nitrogens with one attached hydrogen (secondary N) is 1. The van der Waals surface area contributed by atoms with E-state index in [4.69, 9.17) is 4.74 Å². The second-order valence-electron chi connectivity index (χ2n) is 6.87. The standard InChI is InChI=1S/C21H23N3O3S/c1-27-16-6-4-5-15(13-16)23-9-11-24(12-10-23)20(25)14-19-21(26)22-17-7-2-3-8-18(17)28-19/h2-8,13,19H,9-12,14H2,1H3,(H,22,26)/t19-/m1/s1. The fraction of sp³-hybridized carbons (Fsp3) is 0.333. The molecule has 0 bridgehead atoms. The predicted molar refractivity (Wildman–Crippen MR) is 111 cm³/mol. The number of hydrogen-bond donors (Lipinski definition) is 1. The number of fused-ring (bicyclic) bond motifs is 1. The molecule has 6 nitrogen and oxygen atoms in total. The highest BCUT2D eigenvalue weighted by atomic mass is 32.2. The number of carbonyl (C=O) groups is 2. The van der Waals surface area contributed by atoms with Crippen molar-refractivity contribution in [1.29, 1.82) is 0 Å². The summed E-state index contributed by atoms with van der Waals surface area (Å²) in [5, 5.41) is 2.53. The number of anilines is 2. The molecule has 0 saturated carbocycles. The molecule has 2 aromatic carbocycles. The first-order valence-corrected chi connectivity index (χ1v) is 10.3. The summed E-state index contributed by atoms with van der Waals surface area (Å²) in [5.74, 6) is 0.779. The fourth-order valence-corrected chi connectivity index (χ4v) is 4.64. The number of ether oxygens (including phenoxy) is 1. The number of rotatable bonds is 4. The maximum absolute atomic E-state index is 12.8. The van der Waals surface area contributed by atoms with Crippen LogP contribution in [0.25, 0.3) is 0 Å². The molecule has 2 aliphatic rings. The Morgan fingerprint density at radius 3 is 2.71 bits per heavy atom. The van der Waals surface area contributed by atoms with Crippen LogP contribution in [0.5, 0.6) is 5.75 Å². The highest BCUT2D eigenvalue weighted by molar-refractivity contribution is 8.01. The molecule has 0 radical (unpaired) electrons. The molecule has 28 heavy (non-hydrogen) atoms. The van der Waals surface area contributed by atoms with E-state index < -0.39 is 0 Å². The third-order valence-corrected chi connectivity index (χ3v) is 6.39. The molecular weight excluding hydrogens is 374 g/mol. The lowest BCUT2D eigenvalue weighted by molar-refractivity contribution is -0.132. The van der Waals surface area contributed by atoms with Crippen molar-refractivity contribution in [3.05, 3.63) is 48.5 Å². The normalized spacial score (nSPS) is 19.0. The zero-order chi connectivity index (χ0) is 19.5. The van der Waals surface area contributed by atoms with Crippen LogP contribution in [0.1, 0.15) is 6.42 Å². The van der Waals surface area contributed by atoms with Crippen molar-refractivity contribution in [3.8, 4) is 5.75 Å². The lowest BCUT2D eigenvalue weighted by Gasteiger charge is -2.37. The molecular formula is C21H23N3O3S. The van der Waals surface area contributed by atoms with Crippen LogP contribution < -0.4 is 15.0 Å². The summed E-state index contributed by atoms with van der Waals surface area (Å²) in [6.07, 6.45) is 0.226. The molecule has 0 aromatic heterocycles. The average Bonchev–Trinajstić information content (AvgIpc) is 2.74. The highest BCUT2D eigenvalue weighted by Crippen LogP contribution is 2.36. The lowest BCUT2D eigenvalue weighted by Crippen LogP contribution is -2.49. The fourth-order valence-electron chi connectivity index (χ4n) is 3.54. The van der Waals surface area contributed by atoms with Crippen molar-refractivity contribution in [2.24, 2.45) is 0 Å². The van der Waals surface area contributed by atoms with Crippen LogP contribution in [-0.2, 0) is 9.59 Å². The van der Waals surface area contributed by atoms with Crippen LogP contribution in [0.3, 0.4) is 0 Å². The monoisotopic (exact) mass is 397 g/mol. The number of hydrogen-bond acceptors (Lipinski definition) is 5. The molecule has 2 aliphatic heterocycles. The number of nitrogens with zero attached hydrogens (tertiary/aromatic N) is 2. The molecule has 2 heterocycles. The van der Waals surface area contributed by atoms with Gasteiger partial charge in [-0.3, -0.25) is 9.59 Å². The van der Waals surface area contributed by atoms with Gasteiger partial charge in [0.15, 0.2) is 0 Å². The van der Waals surface area contributed by atoms with Gasteiger partial charge in [-0.05, 0) is 24.3 Å². The van der Waals surface area contributed by atoms with Crippen molar-refractivity contribution in [2.45, 2.75) is 16.6 Å². The molecule has 2 amide bonds. The Hall–Kier alpha value is -2.67. The van der Waals surface area contributed by atoms with Crippen molar-refractivity contribution in [2.75, 3.05) is 43.5 Å². The zero-order valence-electron chi connectivity index (χ0n) is 15.8. The van der Waals surface area contributed by atoms with E-state index in [-0.39, 0.29) is 23.5 Å². The number of amides is 2. The minimum absolute atomic E-state index is 0.0392. The first kappa shape index (κ1) is 18.7.